The number of carbonyl (C=O) groups excluding carboxylic acids is 2. The summed E-state index contributed by atoms with van der Waals surface area (Å²) in [5, 5.41) is 18.0. The number of amides is 3. The molecule has 0 bridgehead atoms. The highest BCUT2D eigenvalue weighted by Crippen LogP contribution is 2.26. The fourth-order valence-electron chi connectivity index (χ4n) is 2.28. The molecule has 1 fully saturated rings. The zero-order valence-electron chi connectivity index (χ0n) is 11.8. The van der Waals surface area contributed by atoms with Gasteiger partial charge in [0.2, 0.25) is 5.91 Å². The van der Waals surface area contributed by atoms with E-state index in [0.29, 0.717) is 6.54 Å². The molecule has 19 heavy (non-hydrogen) atoms. The largest absolute Gasteiger partial charge is 0.389 e. The highest BCUT2D eigenvalue weighted by molar-refractivity contribution is 5.96. The maximum absolute atomic E-state index is 11.6. The summed E-state index contributed by atoms with van der Waals surface area (Å²) in [6.07, 6.45) is 5.91. The fourth-order valence-corrected chi connectivity index (χ4v) is 2.28. The number of nitrogens with one attached hydrogen (secondary N) is 3. The summed E-state index contributed by atoms with van der Waals surface area (Å²) in [7, 11) is 1.45. The minimum atomic E-state index is -0.724. The molecule has 0 radical (unpaired) electrons. The topological polar surface area (TPSA) is 90.5 Å². The van der Waals surface area contributed by atoms with Gasteiger partial charge in [-0.25, -0.2) is 4.79 Å². The third-order valence-corrected chi connectivity index (χ3v) is 3.63. The first-order valence-electron chi connectivity index (χ1n) is 6.95. The van der Waals surface area contributed by atoms with E-state index < -0.39 is 23.6 Å². The smallest absolute Gasteiger partial charge is 0.321 e. The maximum atomic E-state index is 11.6. The number of urea groups is 1. The minimum Gasteiger partial charge on any atom is -0.389 e. The van der Waals surface area contributed by atoms with E-state index in [2.05, 4.69) is 16.0 Å². The summed E-state index contributed by atoms with van der Waals surface area (Å²) < 4.78 is 0. The Kier molecular flexibility index (Phi) is 6.24. The molecule has 1 rings (SSSR count). The quantitative estimate of drug-likeness (QED) is 0.561. The summed E-state index contributed by atoms with van der Waals surface area (Å²) in [6.45, 7) is 2.06. The molecule has 1 unspecified atom stereocenters. The summed E-state index contributed by atoms with van der Waals surface area (Å²) >= 11 is 0. The second kappa shape index (κ2) is 7.45. The van der Waals surface area contributed by atoms with Crippen LogP contribution in [-0.4, -0.2) is 42.3 Å². The van der Waals surface area contributed by atoms with Gasteiger partial charge in [-0.1, -0.05) is 25.7 Å². The van der Waals surface area contributed by atoms with Gasteiger partial charge in [0.15, 0.2) is 0 Å². The van der Waals surface area contributed by atoms with Crippen molar-refractivity contribution in [1.29, 1.82) is 0 Å². The molecule has 0 aliphatic heterocycles. The highest BCUT2D eigenvalue weighted by atomic mass is 16.3. The Balaban J connectivity index is 2.37. The molecule has 0 heterocycles. The second-order valence-electron chi connectivity index (χ2n) is 5.31. The lowest BCUT2D eigenvalue weighted by Crippen LogP contribution is -2.51. The van der Waals surface area contributed by atoms with Crippen LogP contribution in [0.4, 0.5) is 4.79 Å². The predicted molar refractivity (Wildman–Crippen MR) is 72.7 cm³/mol. The standard InChI is InChI=1S/C13H25N3O3/c1-10(11(17)16-12(18)14-2)15-9-13(19)7-5-3-4-6-8-13/h10,15,19H,3-9H2,1-2H3,(H2,14,16,17,18). The molecule has 4 N–H and O–H groups in total. The Hall–Kier alpha value is -1.14. The number of rotatable bonds is 4. The number of imide groups is 1. The van der Waals surface area contributed by atoms with E-state index >= 15 is 0 Å². The van der Waals surface area contributed by atoms with Crippen LogP contribution in [0.3, 0.4) is 0 Å². The third kappa shape index (κ3) is 5.57. The number of carbonyl (C=O) groups is 2. The SMILES string of the molecule is CNC(=O)NC(=O)C(C)NCC1(O)CCCCCC1. The van der Waals surface area contributed by atoms with E-state index in [9.17, 15) is 14.7 Å². The van der Waals surface area contributed by atoms with Crippen molar-refractivity contribution in [2.45, 2.75) is 57.1 Å². The molecule has 0 aromatic heterocycles. The fraction of sp³-hybridized carbons (Fsp3) is 0.846. The average Bonchev–Trinajstić information content (AvgIpc) is 2.61. The first-order chi connectivity index (χ1) is 8.97. The normalized spacial score (nSPS) is 20.2. The van der Waals surface area contributed by atoms with Crippen molar-refractivity contribution in [3.05, 3.63) is 0 Å². The van der Waals surface area contributed by atoms with E-state index in [1.807, 2.05) is 0 Å². The lowest BCUT2D eigenvalue weighted by atomic mass is 9.94. The molecule has 3 amide bonds. The van der Waals surface area contributed by atoms with Crippen LogP contribution in [0.2, 0.25) is 0 Å². The maximum Gasteiger partial charge on any atom is 0.321 e. The second-order valence-corrected chi connectivity index (χ2v) is 5.31. The van der Waals surface area contributed by atoms with Gasteiger partial charge in [0.05, 0.1) is 11.6 Å². The van der Waals surface area contributed by atoms with E-state index in [1.54, 1.807) is 6.92 Å². The number of hydrogen-bond donors (Lipinski definition) is 4. The van der Waals surface area contributed by atoms with E-state index in [4.69, 9.17) is 0 Å². The van der Waals surface area contributed by atoms with Crippen molar-refractivity contribution in [1.82, 2.24) is 16.0 Å². The molecule has 1 aliphatic carbocycles. The van der Waals surface area contributed by atoms with E-state index in [0.717, 1.165) is 38.5 Å². The lowest BCUT2D eigenvalue weighted by molar-refractivity contribution is -0.121. The molecular formula is C13H25N3O3. The summed E-state index contributed by atoms with van der Waals surface area (Å²) in [4.78, 5) is 22.7. The molecule has 0 aromatic carbocycles. The molecule has 6 nitrogen and oxygen atoms in total. The molecule has 0 spiro atoms. The molecule has 1 atom stereocenters. The molecule has 0 saturated heterocycles. The van der Waals surface area contributed by atoms with Gasteiger partial charge in [0.25, 0.3) is 0 Å². The van der Waals surface area contributed by atoms with Crippen LogP contribution >= 0.6 is 0 Å². The van der Waals surface area contributed by atoms with Crippen LogP contribution in [0.15, 0.2) is 0 Å². The van der Waals surface area contributed by atoms with Crippen LogP contribution < -0.4 is 16.0 Å². The van der Waals surface area contributed by atoms with Crippen molar-refractivity contribution in [3.8, 4) is 0 Å². The number of aliphatic hydroxyl groups is 1. The van der Waals surface area contributed by atoms with Gasteiger partial charge < -0.3 is 15.7 Å². The predicted octanol–water partition coefficient (Wildman–Crippen LogP) is 0.505. The van der Waals surface area contributed by atoms with E-state index in [1.165, 1.54) is 7.05 Å². The first-order valence-corrected chi connectivity index (χ1v) is 6.95. The third-order valence-electron chi connectivity index (χ3n) is 3.63. The summed E-state index contributed by atoms with van der Waals surface area (Å²) in [6, 6.07) is -1.03. The highest BCUT2D eigenvalue weighted by Gasteiger charge is 2.29. The van der Waals surface area contributed by atoms with Gasteiger partial charge in [-0.2, -0.15) is 0 Å². The molecule has 1 aliphatic rings. The Morgan fingerprint density at radius 1 is 1.21 bits per heavy atom. The van der Waals surface area contributed by atoms with Crippen molar-refractivity contribution in [2.24, 2.45) is 0 Å². The lowest BCUT2D eigenvalue weighted by Gasteiger charge is -2.28. The Morgan fingerprint density at radius 2 is 1.79 bits per heavy atom. The summed E-state index contributed by atoms with van der Waals surface area (Å²) in [5.74, 6) is -0.392. The van der Waals surface area contributed by atoms with Crippen LogP contribution in [0, 0.1) is 0 Å². The van der Waals surface area contributed by atoms with Gasteiger partial charge in [-0.05, 0) is 19.8 Å². The monoisotopic (exact) mass is 271 g/mol. The Labute approximate surface area is 114 Å². The van der Waals surface area contributed by atoms with Gasteiger partial charge in [-0.15, -0.1) is 0 Å². The molecule has 6 heteroatoms. The van der Waals surface area contributed by atoms with Gasteiger partial charge in [0, 0.05) is 13.6 Å². The minimum absolute atomic E-state index is 0.384. The average molecular weight is 271 g/mol. The van der Waals surface area contributed by atoms with Crippen LogP contribution in [0.1, 0.15) is 45.4 Å². The molecule has 110 valence electrons. The van der Waals surface area contributed by atoms with Crippen LogP contribution in [0.5, 0.6) is 0 Å². The molecule has 0 aromatic rings. The molecular weight excluding hydrogens is 246 g/mol. The zero-order chi connectivity index (χ0) is 14.3. The first kappa shape index (κ1) is 15.9. The Morgan fingerprint density at radius 3 is 2.32 bits per heavy atom. The van der Waals surface area contributed by atoms with Crippen LogP contribution in [0.25, 0.3) is 0 Å². The molecule has 1 saturated carbocycles. The van der Waals surface area contributed by atoms with Crippen molar-refractivity contribution in [3.63, 3.8) is 0 Å². The Bertz CT molecular complexity index is 312. The van der Waals surface area contributed by atoms with Gasteiger partial charge in [0.1, 0.15) is 0 Å². The number of hydrogen-bond acceptors (Lipinski definition) is 4. The van der Waals surface area contributed by atoms with Crippen molar-refractivity contribution >= 4 is 11.9 Å². The van der Waals surface area contributed by atoms with Gasteiger partial charge >= 0.3 is 6.03 Å². The zero-order valence-corrected chi connectivity index (χ0v) is 11.8. The summed E-state index contributed by atoms with van der Waals surface area (Å²) in [5.41, 5.74) is -0.724. The van der Waals surface area contributed by atoms with Crippen LogP contribution in [-0.2, 0) is 4.79 Å². The van der Waals surface area contributed by atoms with Crippen molar-refractivity contribution in [2.75, 3.05) is 13.6 Å². The van der Waals surface area contributed by atoms with Gasteiger partial charge in [-0.3, -0.25) is 10.1 Å². The van der Waals surface area contributed by atoms with Crippen molar-refractivity contribution < 1.29 is 14.7 Å². The van der Waals surface area contributed by atoms with E-state index in [-0.39, 0.29) is 0 Å².